The summed E-state index contributed by atoms with van der Waals surface area (Å²) in [7, 11) is 1.60. The maximum Gasteiger partial charge on any atom is 0.322 e. The van der Waals surface area contributed by atoms with Crippen LogP contribution in [0.2, 0.25) is 0 Å². The van der Waals surface area contributed by atoms with E-state index in [2.05, 4.69) is 0 Å². The van der Waals surface area contributed by atoms with Crippen LogP contribution in [0.5, 0.6) is 0 Å². The topological polar surface area (TPSA) is 60.9 Å². The highest BCUT2D eigenvalue weighted by Crippen LogP contribution is 2.19. The van der Waals surface area contributed by atoms with Gasteiger partial charge in [-0.25, -0.2) is 4.39 Å². The molecular weight excluding hydrogens is 239 g/mol. The number of piperazine rings is 1. The van der Waals surface area contributed by atoms with Gasteiger partial charge in [-0.2, -0.15) is 0 Å². The number of nitrogens with zero attached hydrogens (tertiary/aromatic N) is 2. The molecule has 1 atom stereocenters. The molecule has 0 radical (unpaired) electrons. The van der Waals surface area contributed by atoms with E-state index in [-0.39, 0.29) is 19.0 Å². The molecule has 0 saturated carbocycles. The molecule has 0 spiro atoms. The van der Waals surface area contributed by atoms with Crippen molar-refractivity contribution in [3.8, 4) is 0 Å². The Bertz CT molecular complexity index is 475. The summed E-state index contributed by atoms with van der Waals surface area (Å²) >= 11 is 0. The number of halogens is 1. The zero-order chi connectivity index (χ0) is 13.3. The van der Waals surface area contributed by atoms with Crippen molar-refractivity contribution >= 4 is 17.6 Å². The van der Waals surface area contributed by atoms with Crippen molar-refractivity contribution < 1.29 is 19.1 Å². The van der Waals surface area contributed by atoms with E-state index in [1.54, 1.807) is 7.05 Å². The summed E-state index contributed by atoms with van der Waals surface area (Å²) in [6.45, 7) is 0.102. The molecule has 1 aromatic rings. The number of benzene rings is 1. The highest BCUT2D eigenvalue weighted by atomic mass is 19.1. The van der Waals surface area contributed by atoms with Crippen molar-refractivity contribution in [1.82, 2.24) is 4.90 Å². The van der Waals surface area contributed by atoms with Crippen molar-refractivity contribution in [2.45, 2.75) is 6.04 Å². The highest BCUT2D eigenvalue weighted by Gasteiger charge is 2.34. The Kier molecular flexibility index (Phi) is 3.29. The van der Waals surface area contributed by atoms with E-state index in [0.717, 1.165) is 0 Å². The van der Waals surface area contributed by atoms with Crippen LogP contribution in [0.15, 0.2) is 24.3 Å². The number of likely N-dealkylation sites (N-methyl/N-ethyl adjacent to an activating group) is 1. The van der Waals surface area contributed by atoms with E-state index in [0.29, 0.717) is 5.69 Å². The molecule has 0 aromatic heterocycles. The molecule has 1 N–H and O–H groups in total. The maximum absolute atomic E-state index is 12.8. The predicted molar refractivity (Wildman–Crippen MR) is 62.8 cm³/mol. The summed E-state index contributed by atoms with van der Waals surface area (Å²) in [6.07, 6.45) is 0. The Balaban J connectivity index is 2.24. The van der Waals surface area contributed by atoms with Gasteiger partial charge in [-0.3, -0.25) is 14.5 Å². The predicted octanol–water partition coefficient (Wildman–Crippen LogP) is 0.557. The molecule has 1 amide bonds. The second-order valence-corrected chi connectivity index (χ2v) is 4.25. The molecule has 6 heteroatoms. The number of carboxylic acid groups (broad SMARTS) is 1. The number of hydrogen-bond acceptors (Lipinski definition) is 3. The quantitative estimate of drug-likeness (QED) is 0.835. The average Bonchev–Trinajstić information content (AvgIpc) is 2.30. The first-order valence-corrected chi connectivity index (χ1v) is 5.48. The Hall–Kier alpha value is -1.95. The summed E-state index contributed by atoms with van der Waals surface area (Å²) in [6, 6.07) is 4.69. The SMILES string of the molecule is CN1CC(=O)N(c2ccc(F)cc2)CC1C(=O)O. The second-order valence-electron chi connectivity index (χ2n) is 4.25. The van der Waals surface area contributed by atoms with Crippen LogP contribution in [0.3, 0.4) is 0 Å². The minimum absolute atomic E-state index is 0.0361. The van der Waals surface area contributed by atoms with Crippen LogP contribution in [0, 0.1) is 5.82 Å². The van der Waals surface area contributed by atoms with Crippen molar-refractivity contribution in [2.24, 2.45) is 0 Å². The number of anilines is 1. The lowest BCUT2D eigenvalue weighted by molar-refractivity contribution is -0.144. The summed E-state index contributed by atoms with van der Waals surface area (Å²) in [4.78, 5) is 25.8. The maximum atomic E-state index is 12.8. The van der Waals surface area contributed by atoms with Gasteiger partial charge < -0.3 is 10.0 Å². The van der Waals surface area contributed by atoms with E-state index in [4.69, 9.17) is 5.11 Å². The average molecular weight is 252 g/mol. The molecule has 5 nitrogen and oxygen atoms in total. The molecule has 1 aliphatic rings. The smallest absolute Gasteiger partial charge is 0.322 e. The Morgan fingerprint density at radius 1 is 1.39 bits per heavy atom. The van der Waals surface area contributed by atoms with Crippen LogP contribution in [0.25, 0.3) is 0 Å². The molecule has 96 valence electrons. The molecular formula is C12H13FN2O3. The number of aliphatic carboxylic acids is 1. The molecule has 18 heavy (non-hydrogen) atoms. The lowest BCUT2D eigenvalue weighted by Gasteiger charge is -2.36. The molecule has 1 aliphatic heterocycles. The minimum Gasteiger partial charge on any atom is -0.480 e. The van der Waals surface area contributed by atoms with Gasteiger partial charge in [0.1, 0.15) is 11.9 Å². The lowest BCUT2D eigenvalue weighted by Crippen LogP contribution is -2.57. The molecule has 1 saturated heterocycles. The number of carbonyl (C=O) groups is 2. The number of rotatable bonds is 2. The van der Waals surface area contributed by atoms with Crippen molar-refractivity contribution in [2.75, 3.05) is 25.0 Å². The molecule has 1 fully saturated rings. The van der Waals surface area contributed by atoms with Crippen LogP contribution >= 0.6 is 0 Å². The third-order valence-corrected chi connectivity index (χ3v) is 3.00. The summed E-state index contributed by atoms with van der Waals surface area (Å²) in [5.74, 6) is -1.56. The van der Waals surface area contributed by atoms with Gasteiger partial charge in [-0.1, -0.05) is 0 Å². The third-order valence-electron chi connectivity index (χ3n) is 3.00. The van der Waals surface area contributed by atoms with Gasteiger partial charge in [0.2, 0.25) is 5.91 Å². The van der Waals surface area contributed by atoms with Crippen molar-refractivity contribution in [3.63, 3.8) is 0 Å². The van der Waals surface area contributed by atoms with Gasteiger partial charge in [-0.05, 0) is 31.3 Å². The fraction of sp³-hybridized carbons (Fsp3) is 0.333. The van der Waals surface area contributed by atoms with Crippen LogP contribution < -0.4 is 4.90 Å². The highest BCUT2D eigenvalue weighted by molar-refractivity contribution is 5.97. The third kappa shape index (κ3) is 2.33. The van der Waals surface area contributed by atoms with E-state index >= 15 is 0 Å². The monoisotopic (exact) mass is 252 g/mol. The van der Waals surface area contributed by atoms with Crippen LogP contribution in [-0.2, 0) is 9.59 Å². The van der Waals surface area contributed by atoms with Gasteiger partial charge >= 0.3 is 5.97 Å². The van der Waals surface area contributed by atoms with Gasteiger partial charge in [0, 0.05) is 5.69 Å². The van der Waals surface area contributed by atoms with Crippen LogP contribution in [0.1, 0.15) is 0 Å². The standard InChI is InChI=1S/C12H13FN2O3/c1-14-7-11(16)15(6-10(14)12(17)18)9-4-2-8(13)3-5-9/h2-5,10H,6-7H2,1H3,(H,17,18). The first-order chi connectivity index (χ1) is 8.49. The largest absolute Gasteiger partial charge is 0.480 e. The number of carbonyl (C=O) groups excluding carboxylic acids is 1. The van der Waals surface area contributed by atoms with E-state index < -0.39 is 17.8 Å². The number of amides is 1. The normalized spacial score (nSPS) is 21.1. The molecule has 0 bridgehead atoms. The first kappa shape index (κ1) is 12.5. The van der Waals surface area contributed by atoms with Gasteiger partial charge in [0.15, 0.2) is 0 Å². The fourth-order valence-electron chi connectivity index (χ4n) is 1.96. The zero-order valence-electron chi connectivity index (χ0n) is 9.84. The molecule has 1 aromatic carbocycles. The Morgan fingerprint density at radius 2 is 2.00 bits per heavy atom. The van der Waals surface area contributed by atoms with E-state index in [9.17, 15) is 14.0 Å². The summed E-state index contributed by atoms with van der Waals surface area (Å²) in [5.41, 5.74) is 0.515. The van der Waals surface area contributed by atoms with Gasteiger partial charge in [-0.15, -0.1) is 0 Å². The molecule has 1 unspecified atom stereocenters. The summed E-state index contributed by atoms with van der Waals surface area (Å²) in [5, 5.41) is 9.06. The minimum atomic E-state index is -0.975. The molecule has 2 rings (SSSR count). The van der Waals surface area contributed by atoms with Crippen LogP contribution in [-0.4, -0.2) is 48.1 Å². The zero-order valence-corrected chi connectivity index (χ0v) is 9.84. The second kappa shape index (κ2) is 4.73. The van der Waals surface area contributed by atoms with E-state index in [1.165, 1.54) is 34.1 Å². The Labute approximate surface area is 103 Å². The van der Waals surface area contributed by atoms with Gasteiger partial charge in [0.25, 0.3) is 0 Å². The first-order valence-electron chi connectivity index (χ1n) is 5.48. The molecule has 0 aliphatic carbocycles. The molecule has 1 heterocycles. The Morgan fingerprint density at radius 3 is 2.56 bits per heavy atom. The van der Waals surface area contributed by atoms with Crippen molar-refractivity contribution in [1.29, 1.82) is 0 Å². The summed E-state index contributed by atoms with van der Waals surface area (Å²) < 4.78 is 12.8. The van der Waals surface area contributed by atoms with E-state index in [1.807, 2.05) is 0 Å². The van der Waals surface area contributed by atoms with Crippen LogP contribution in [0.4, 0.5) is 10.1 Å². The van der Waals surface area contributed by atoms with Crippen molar-refractivity contribution in [3.05, 3.63) is 30.1 Å². The lowest BCUT2D eigenvalue weighted by atomic mass is 10.1. The van der Waals surface area contributed by atoms with Gasteiger partial charge in [0.05, 0.1) is 13.1 Å². The number of carboxylic acids is 1. The number of hydrogen-bond donors (Lipinski definition) is 1. The fourth-order valence-corrected chi connectivity index (χ4v) is 1.96.